The number of methoxy groups -OCH3 is 1. The fourth-order valence-electron chi connectivity index (χ4n) is 2.91. The molecule has 6 nitrogen and oxygen atoms in total. The maximum Gasteiger partial charge on any atom is 0.262 e. The van der Waals surface area contributed by atoms with Crippen LogP contribution in [0.3, 0.4) is 0 Å². The molecule has 0 radical (unpaired) electrons. The van der Waals surface area contributed by atoms with Crippen LogP contribution < -0.4 is 14.4 Å². The molecule has 0 spiro atoms. The van der Waals surface area contributed by atoms with Crippen molar-refractivity contribution in [3.63, 3.8) is 0 Å². The van der Waals surface area contributed by atoms with Crippen molar-refractivity contribution in [1.82, 2.24) is 4.90 Å². The normalized spacial score (nSPS) is 15.1. The summed E-state index contributed by atoms with van der Waals surface area (Å²) < 4.78 is 46.6. The molecule has 10 heteroatoms. The van der Waals surface area contributed by atoms with Gasteiger partial charge < -0.3 is 14.5 Å². The molecule has 2 aromatic rings. The summed E-state index contributed by atoms with van der Waals surface area (Å²) in [4.78, 5) is 4.39. The number of piperazine rings is 1. The molecule has 1 fully saturated rings. The van der Waals surface area contributed by atoms with Gasteiger partial charge in [-0.1, -0.05) is 11.6 Å². The number of benzene rings is 2. The zero-order chi connectivity index (χ0) is 19.6. The molecule has 0 amide bonds. The van der Waals surface area contributed by atoms with Gasteiger partial charge in [0.2, 0.25) is 0 Å². The summed E-state index contributed by atoms with van der Waals surface area (Å²) >= 11 is 5.94. The molecule has 0 unspecified atom stereocenters. The number of nitrogens with one attached hydrogen (secondary N) is 1. The van der Waals surface area contributed by atoms with Gasteiger partial charge in [-0.3, -0.25) is 4.72 Å². The monoisotopic (exact) mass is 449 g/mol. The maximum absolute atomic E-state index is 13.2. The van der Waals surface area contributed by atoms with Crippen LogP contribution in [0.1, 0.15) is 0 Å². The lowest BCUT2D eigenvalue weighted by molar-refractivity contribution is 0.311. The van der Waals surface area contributed by atoms with E-state index in [1.807, 2.05) is 7.05 Å². The van der Waals surface area contributed by atoms with E-state index in [0.29, 0.717) is 5.75 Å². The third kappa shape index (κ3) is 5.00. The van der Waals surface area contributed by atoms with E-state index in [0.717, 1.165) is 44.0 Å². The van der Waals surface area contributed by atoms with E-state index in [2.05, 4.69) is 14.5 Å². The first-order valence-corrected chi connectivity index (χ1v) is 10.3. The van der Waals surface area contributed by atoms with Gasteiger partial charge in [-0.05, 0) is 43.4 Å². The molecule has 2 aromatic carbocycles. The first kappa shape index (κ1) is 22.5. The molecule has 0 aliphatic carbocycles. The largest absolute Gasteiger partial charge is 0.495 e. The fourth-order valence-corrected chi connectivity index (χ4v) is 4.28. The van der Waals surface area contributed by atoms with Crippen LogP contribution in [0.25, 0.3) is 0 Å². The van der Waals surface area contributed by atoms with Gasteiger partial charge in [0, 0.05) is 26.2 Å². The Hall–Kier alpha value is -1.74. The average molecular weight is 450 g/mol. The van der Waals surface area contributed by atoms with Gasteiger partial charge in [-0.2, -0.15) is 0 Å². The molecular formula is C18H22Cl2FN3O3S. The van der Waals surface area contributed by atoms with Crippen LogP contribution in [0.15, 0.2) is 41.3 Å². The minimum Gasteiger partial charge on any atom is -0.495 e. The number of hydrogen-bond donors (Lipinski definition) is 1. The van der Waals surface area contributed by atoms with E-state index < -0.39 is 15.8 Å². The number of hydrogen-bond acceptors (Lipinski definition) is 5. The van der Waals surface area contributed by atoms with Crippen molar-refractivity contribution in [3.05, 3.63) is 47.2 Å². The Kier molecular flexibility index (Phi) is 7.39. The summed E-state index contributed by atoms with van der Waals surface area (Å²) in [6, 6.07) is 8.19. The third-order valence-corrected chi connectivity index (χ3v) is 6.16. The highest BCUT2D eigenvalue weighted by molar-refractivity contribution is 7.92. The highest BCUT2D eigenvalue weighted by atomic mass is 35.5. The summed E-state index contributed by atoms with van der Waals surface area (Å²) in [5.74, 6) is 0.0723. The van der Waals surface area contributed by atoms with Crippen molar-refractivity contribution in [3.8, 4) is 5.75 Å². The Morgan fingerprint density at radius 1 is 1.11 bits per heavy atom. The number of anilines is 2. The number of likely N-dealkylation sites (N-methyl/N-ethyl adjacent to an activating group) is 1. The van der Waals surface area contributed by atoms with Crippen molar-refractivity contribution in [2.45, 2.75) is 4.90 Å². The second kappa shape index (κ2) is 9.17. The van der Waals surface area contributed by atoms with Crippen LogP contribution in [-0.2, 0) is 10.0 Å². The Balaban J connectivity index is 0.00000280. The predicted molar refractivity (Wildman–Crippen MR) is 112 cm³/mol. The van der Waals surface area contributed by atoms with Crippen molar-refractivity contribution in [2.75, 3.05) is 50.0 Å². The van der Waals surface area contributed by atoms with Gasteiger partial charge in [0.1, 0.15) is 11.6 Å². The van der Waals surface area contributed by atoms with Gasteiger partial charge in [-0.25, -0.2) is 12.8 Å². The molecule has 1 heterocycles. The average Bonchev–Trinajstić information content (AvgIpc) is 2.64. The second-order valence-corrected chi connectivity index (χ2v) is 8.44. The minimum atomic E-state index is -3.90. The van der Waals surface area contributed by atoms with Gasteiger partial charge in [0.25, 0.3) is 10.0 Å². The SMILES string of the molecule is COc1ccc(S(=O)(=O)Nc2ccc(F)cc2Cl)cc1N1CCN(C)CC1.Cl. The lowest BCUT2D eigenvalue weighted by Crippen LogP contribution is -2.44. The highest BCUT2D eigenvalue weighted by Crippen LogP contribution is 2.33. The second-order valence-electron chi connectivity index (χ2n) is 6.35. The van der Waals surface area contributed by atoms with Crippen molar-refractivity contribution >= 4 is 45.4 Å². The first-order valence-electron chi connectivity index (χ1n) is 8.39. The van der Waals surface area contributed by atoms with Crippen LogP contribution in [0.5, 0.6) is 5.75 Å². The Labute approximate surface area is 175 Å². The zero-order valence-electron chi connectivity index (χ0n) is 15.5. The molecule has 1 aliphatic heterocycles. The Morgan fingerprint density at radius 2 is 1.79 bits per heavy atom. The highest BCUT2D eigenvalue weighted by Gasteiger charge is 2.22. The summed E-state index contributed by atoms with van der Waals surface area (Å²) in [5.41, 5.74) is 0.841. The van der Waals surface area contributed by atoms with Crippen molar-refractivity contribution in [2.24, 2.45) is 0 Å². The quantitative estimate of drug-likeness (QED) is 0.756. The predicted octanol–water partition coefficient (Wildman–Crippen LogP) is 3.46. The van der Waals surface area contributed by atoms with Gasteiger partial charge >= 0.3 is 0 Å². The molecule has 3 rings (SSSR count). The van der Waals surface area contributed by atoms with Crippen LogP contribution in [0.2, 0.25) is 5.02 Å². The first-order chi connectivity index (χ1) is 12.8. The molecule has 154 valence electrons. The summed E-state index contributed by atoms with van der Waals surface area (Å²) in [5, 5.41) is -0.00798. The fraction of sp³-hybridized carbons (Fsp3) is 0.333. The molecule has 1 aliphatic rings. The van der Waals surface area contributed by atoms with E-state index in [4.69, 9.17) is 16.3 Å². The van der Waals surface area contributed by atoms with Crippen LogP contribution in [-0.4, -0.2) is 53.7 Å². The molecule has 0 bridgehead atoms. The molecule has 0 atom stereocenters. The molecule has 28 heavy (non-hydrogen) atoms. The van der Waals surface area contributed by atoms with E-state index in [9.17, 15) is 12.8 Å². The topological polar surface area (TPSA) is 61.9 Å². The lowest BCUT2D eigenvalue weighted by Gasteiger charge is -2.34. The standard InChI is InChI=1S/C18H21ClFN3O3S.ClH/c1-22-7-9-23(10-8-22)17-12-14(4-6-18(17)26-2)27(24,25)21-16-5-3-13(20)11-15(16)19;/h3-6,11-12,21H,7-10H2,1-2H3;1H. The van der Waals surface area contributed by atoms with Crippen LogP contribution >= 0.6 is 24.0 Å². The number of ether oxygens (including phenoxy) is 1. The molecule has 1 saturated heterocycles. The number of nitrogens with zero attached hydrogens (tertiary/aromatic N) is 2. The zero-order valence-corrected chi connectivity index (χ0v) is 17.9. The number of sulfonamides is 1. The van der Waals surface area contributed by atoms with Gasteiger partial charge in [0.15, 0.2) is 0 Å². The van der Waals surface area contributed by atoms with Crippen molar-refractivity contribution < 1.29 is 17.5 Å². The van der Waals surface area contributed by atoms with Crippen LogP contribution in [0.4, 0.5) is 15.8 Å². The number of halogens is 3. The van der Waals surface area contributed by atoms with E-state index in [-0.39, 0.29) is 28.0 Å². The molecule has 0 aromatic heterocycles. The molecular weight excluding hydrogens is 428 g/mol. The smallest absolute Gasteiger partial charge is 0.262 e. The summed E-state index contributed by atoms with van der Waals surface area (Å²) in [6.45, 7) is 3.30. The Morgan fingerprint density at radius 3 is 2.39 bits per heavy atom. The van der Waals surface area contributed by atoms with E-state index in [1.165, 1.54) is 12.1 Å². The number of rotatable bonds is 5. The minimum absolute atomic E-state index is 0. The Bertz CT molecular complexity index is 936. The molecule has 1 N–H and O–H groups in total. The summed E-state index contributed by atoms with van der Waals surface area (Å²) in [7, 11) is -0.293. The third-order valence-electron chi connectivity index (χ3n) is 4.48. The van der Waals surface area contributed by atoms with Gasteiger partial charge in [-0.15, -0.1) is 12.4 Å². The molecule has 0 saturated carbocycles. The van der Waals surface area contributed by atoms with E-state index >= 15 is 0 Å². The van der Waals surface area contributed by atoms with E-state index in [1.54, 1.807) is 19.2 Å². The maximum atomic E-state index is 13.2. The van der Waals surface area contributed by atoms with Gasteiger partial charge in [0.05, 0.1) is 28.4 Å². The lowest BCUT2D eigenvalue weighted by atomic mass is 10.2. The summed E-state index contributed by atoms with van der Waals surface area (Å²) in [6.07, 6.45) is 0. The van der Waals surface area contributed by atoms with Crippen LogP contribution in [0, 0.1) is 5.82 Å². The van der Waals surface area contributed by atoms with Crippen molar-refractivity contribution in [1.29, 1.82) is 0 Å².